The highest BCUT2D eigenvalue weighted by atomic mass is 35.5. The van der Waals surface area contributed by atoms with Crippen LogP contribution in [0, 0.1) is 0 Å². The van der Waals surface area contributed by atoms with Gasteiger partial charge >= 0.3 is 0 Å². The molecule has 0 amide bonds. The van der Waals surface area contributed by atoms with Crippen molar-refractivity contribution in [2.24, 2.45) is 0 Å². The molecule has 0 N–H and O–H groups in total. The summed E-state index contributed by atoms with van der Waals surface area (Å²) in [6.45, 7) is 6.45. The maximum Gasteiger partial charge on any atom is 0.0406 e. The maximum atomic E-state index is 6.06. The quantitative estimate of drug-likeness (QED) is 0.511. The molecule has 0 radical (unpaired) electrons. The second-order valence-corrected chi connectivity index (χ2v) is 7.99. The first-order valence-corrected chi connectivity index (χ1v) is 10.7. The van der Waals surface area contributed by atoms with E-state index >= 15 is 0 Å². The Bertz CT molecular complexity index is 926. The van der Waals surface area contributed by atoms with Crippen molar-refractivity contribution in [3.63, 3.8) is 0 Å². The fourth-order valence-corrected chi connectivity index (χ4v) is 3.97. The van der Waals surface area contributed by atoms with Gasteiger partial charge in [-0.15, -0.1) is 0 Å². The molecule has 1 heterocycles. The Labute approximate surface area is 179 Å². The smallest absolute Gasteiger partial charge is 0.0406 e. The molecule has 3 heteroatoms. The van der Waals surface area contributed by atoms with Crippen LogP contribution in [0.3, 0.4) is 0 Å². The Morgan fingerprint density at radius 1 is 0.724 bits per heavy atom. The van der Waals surface area contributed by atoms with Gasteiger partial charge in [-0.3, -0.25) is 9.80 Å². The minimum Gasteiger partial charge on any atom is -0.297 e. The third kappa shape index (κ3) is 5.57. The molecule has 0 bridgehead atoms. The Balaban J connectivity index is 1.32. The second-order valence-electron chi connectivity index (χ2n) is 7.55. The molecule has 3 aromatic carbocycles. The van der Waals surface area contributed by atoms with E-state index in [0.29, 0.717) is 0 Å². The first-order valence-electron chi connectivity index (χ1n) is 10.3. The molecule has 4 rings (SSSR count). The van der Waals surface area contributed by atoms with Gasteiger partial charge in [0.2, 0.25) is 0 Å². The van der Waals surface area contributed by atoms with Crippen molar-refractivity contribution in [3.8, 4) is 11.1 Å². The highest BCUT2D eigenvalue weighted by molar-refractivity contribution is 6.30. The highest BCUT2D eigenvalue weighted by Gasteiger charge is 2.17. The van der Waals surface area contributed by atoms with Gasteiger partial charge in [0.15, 0.2) is 0 Å². The molecule has 0 unspecified atom stereocenters. The van der Waals surface area contributed by atoms with Crippen molar-refractivity contribution in [3.05, 3.63) is 101 Å². The van der Waals surface area contributed by atoms with Crippen LogP contribution >= 0.6 is 11.6 Å². The fraction of sp³-hybridized carbons (Fsp3) is 0.231. The zero-order chi connectivity index (χ0) is 19.9. The van der Waals surface area contributed by atoms with Gasteiger partial charge in [-0.05, 0) is 34.4 Å². The molecular weight excluding hydrogens is 376 g/mol. The minimum absolute atomic E-state index is 0.781. The standard InChI is InChI=1S/C26H27ClN2/c27-25-14-12-23(13-15-25)26-11-5-4-10-24(26)21-29-19-17-28(18-20-29)16-6-9-22-7-2-1-3-8-22/h1-15H,16-21H2/b9-6+. The summed E-state index contributed by atoms with van der Waals surface area (Å²) in [6, 6.07) is 27.4. The van der Waals surface area contributed by atoms with Crippen LogP contribution in [0.1, 0.15) is 11.1 Å². The van der Waals surface area contributed by atoms with E-state index in [1.807, 2.05) is 12.1 Å². The van der Waals surface area contributed by atoms with Crippen LogP contribution in [0.15, 0.2) is 84.9 Å². The number of hydrogen-bond acceptors (Lipinski definition) is 2. The van der Waals surface area contributed by atoms with Crippen molar-refractivity contribution < 1.29 is 0 Å². The number of benzene rings is 3. The summed E-state index contributed by atoms with van der Waals surface area (Å²) in [7, 11) is 0. The van der Waals surface area contributed by atoms with E-state index in [9.17, 15) is 0 Å². The average Bonchev–Trinajstić information content (AvgIpc) is 2.77. The predicted molar refractivity (Wildman–Crippen MR) is 124 cm³/mol. The summed E-state index contributed by atoms with van der Waals surface area (Å²) in [5, 5.41) is 0.781. The topological polar surface area (TPSA) is 6.48 Å². The van der Waals surface area contributed by atoms with Crippen LogP contribution in [0.25, 0.3) is 17.2 Å². The molecule has 148 valence electrons. The zero-order valence-electron chi connectivity index (χ0n) is 16.7. The summed E-state index contributed by atoms with van der Waals surface area (Å²) in [4.78, 5) is 5.09. The molecule has 0 atom stereocenters. The molecule has 0 spiro atoms. The summed E-state index contributed by atoms with van der Waals surface area (Å²) in [5.74, 6) is 0. The molecule has 3 aromatic rings. The molecule has 1 fully saturated rings. The lowest BCUT2D eigenvalue weighted by Crippen LogP contribution is -2.45. The van der Waals surface area contributed by atoms with E-state index in [4.69, 9.17) is 11.6 Å². The first kappa shape index (κ1) is 19.9. The SMILES string of the molecule is Clc1ccc(-c2ccccc2CN2CCN(C/C=C/c3ccccc3)CC2)cc1. The maximum absolute atomic E-state index is 6.06. The highest BCUT2D eigenvalue weighted by Crippen LogP contribution is 2.26. The van der Waals surface area contributed by atoms with Crippen molar-refractivity contribution in [1.82, 2.24) is 9.80 Å². The van der Waals surface area contributed by atoms with Crippen molar-refractivity contribution in [2.45, 2.75) is 6.54 Å². The molecule has 0 aliphatic carbocycles. The van der Waals surface area contributed by atoms with Gasteiger partial charge < -0.3 is 0 Å². The summed E-state index contributed by atoms with van der Waals surface area (Å²) in [6.07, 6.45) is 4.50. The van der Waals surface area contributed by atoms with E-state index in [1.54, 1.807) is 0 Å². The van der Waals surface area contributed by atoms with Gasteiger partial charge in [0.25, 0.3) is 0 Å². The largest absolute Gasteiger partial charge is 0.297 e. The van der Waals surface area contributed by atoms with Crippen LogP contribution in [-0.2, 0) is 6.54 Å². The number of nitrogens with zero attached hydrogens (tertiary/aromatic N) is 2. The lowest BCUT2D eigenvalue weighted by atomic mass is 9.99. The van der Waals surface area contributed by atoms with Crippen molar-refractivity contribution >= 4 is 17.7 Å². The first-order chi connectivity index (χ1) is 14.3. The van der Waals surface area contributed by atoms with Gasteiger partial charge in [0.1, 0.15) is 0 Å². The Morgan fingerprint density at radius 2 is 1.38 bits per heavy atom. The molecule has 1 saturated heterocycles. The molecular formula is C26H27ClN2. The molecule has 29 heavy (non-hydrogen) atoms. The van der Waals surface area contributed by atoms with E-state index in [1.165, 1.54) is 22.3 Å². The number of rotatable bonds is 6. The third-order valence-electron chi connectivity index (χ3n) is 5.50. The number of halogens is 1. The number of piperazine rings is 1. The third-order valence-corrected chi connectivity index (χ3v) is 5.76. The van der Waals surface area contributed by atoms with E-state index < -0.39 is 0 Å². The monoisotopic (exact) mass is 402 g/mol. The zero-order valence-corrected chi connectivity index (χ0v) is 17.4. The summed E-state index contributed by atoms with van der Waals surface area (Å²) < 4.78 is 0. The lowest BCUT2D eigenvalue weighted by Gasteiger charge is -2.34. The second kappa shape index (κ2) is 9.89. The van der Waals surface area contributed by atoms with Crippen molar-refractivity contribution in [1.29, 1.82) is 0 Å². The predicted octanol–water partition coefficient (Wildman–Crippen LogP) is 5.84. The van der Waals surface area contributed by atoms with Crippen molar-refractivity contribution in [2.75, 3.05) is 32.7 Å². The van der Waals surface area contributed by atoms with Crippen LogP contribution in [0.4, 0.5) is 0 Å². The van der Waals surface area contributed by atoms with Gasteiger partial charge in [-0.25, -0.2) is 0 Å². The normalized spacial score (nSPS) is 15.8. The van der Waals surface area contributed by atoms with E-state index in [-0.39, 0.29) is 0 Å². The fourth-order valence-electron chi connectivity index (χ4n) is 3.84. The van der Waals surface area contributed by atoms with Gasteiger partial charge in [0, 0.05) is 44.3 Å². The van der Waals surface area contributed by atoms with Crippen LogP contribution < -0.4 is 0 Å². The Morgan fingerprint density at radius 3 is 2.14 bits per heavy atom. The molecule has 0 aromatic heterocycles. The van der Waals surface area contributed by atoms with Crippen LogP contribution in [0.2, 0.25) is 5.02 Å². The summed E-state index contributed by atoms with van der Waals surface area (Å²) in [5.41, 5.74) is 5.18. The van der Waals surface area contributed by atoms with E-state index in [2.05, 4.69) is 88.7 Å². The molecule has 2 nitrogen and oxygen atoms in total. The van der Waals surface area contributed by atoms with Crippen LogP contribution in [0.5, 0.6) is 0 Å². The van der Waals surface area contributed by atoms with Gasteiger partial charge in [-0.2, -0.15) is 0 Å². The number of hydrogen-bond donors (Lipinski definition) is 0. The molecule has 0 saturated carbocycles. The molecule has 1 aliphatic rings. The average molecular weight is 403 g/mol. The Hall–Kier alpha value is -2.39. The molecule has 1 aliphatic heterocycles. The van der Waals surface area contributed by atoms with Crippen LogP contribution in [-0.4, -0.2) is 42.5 Å². The summed E-state index contributed by atoms with van der Waals surface area (Å²) >= 11 is 6.06. The lowest BCUT2D eigenvalue weighted by molar-refractivity contribution is 0.137. The minimum atomic E-state index is 0.781. The van der Waals surface area contributed by atoms with E-state index in [0.717, 1.165) is 44.3 Å². The Kier molecular flexibility index (Phi) is 6.79. The van der Waals surface area contributed by atoms with Gasteiger partial charge in [-0.1, -0.05) is 90.5 Å². The van der Waals surface area contributed by atoms with Gasteiger partial charge in [0.05, 0.1) is 0 Å².